The topological polar surface area (TPSA) is 76.9 Å². The number of carbonyl (C=O) groups is 1. The molecule has 0 aliphatic rings. The lowest BCUT2D eigenvalue weighted by Gasteiger charge is -2.20. The van der Waals surface area contributed by atoms with Crippen molar-refractivity contribution in [3.05, 3.63) is 112 Å². The van der Waals surface area contributed by atoms with Gasteiger partial charge in [0.15, 0.2) is 5.43 Å². The molecule has 6 nitrogen and oxygen atoms in total. The van der Waals surface area contributed by atoms with Gasteiger partial charge in [-0.15, -0.1) is 0 Å². The van der Waals surface area contributed by atoms with Crippen LogP contribution in [0.5, 0.6) is 0 Å². The first-order chi connectivity index (χ1) is 14.6. The minimum Gasteiger partial charge on any atom is -0.338 e. The Morgan fingerprint density at radius 2 is 1.80 bits per heavy atom. The van der Waals surface area contributed by atoms with E-state index in [1.165, 1.54) is 6.07 Å². The third-order valence-corrected chi connectivity index (χ3v) is 4.75. The van der Waals surface area contributed by atoms with Gasteiger partial charge in [0.2, 0.25) is 0 Å². The van der Waals surface area contributed by atoms with Crippen molar-refractivity contribution in [1.82, 2.24) is 14.5 Å². The van der Waals surface area contributed by atoms with Crippen LogP contribution in [0.15, 0.2) is 90.1 Å². The summed E-state index contributed by atoms with van der Waals surface area (Å²) in [6.45, 7) is 2.31. The summed E-state index contributed by atoms with van der Waals surface area (Å²) >= 11 is 0. The smallest absolute Gasteiger partial charge is 0.261 e. The Morgan fingerprint density at radius 1 is 1.00 bits per heavy atom. The number of hydrogen-bond acceptors (Lipinski definition) is 4. The van der Waals surface area contributed by atoms with E-state index in [9.17, 15) is 9.59 Å². The van der Waals surface area contributed by atoms with Gasteiger partial charge in [-0.05, 0) is 42.8 Å². The zero-order valence-electron chi connectivity index (χ0n) is 16.4. The maximum absolute atomic E-state index is 13.2. The fraction of sp³-hybridized carbons (Fsp3) is 0.0833. The van der Waals surface area contributed by atoms with Crippen LogP contribution in [0.1, 0.15) is 21.6 Å². The van der Waals surface area contributed by atoms with Crippen LogP contribution in [0.25, 0.3) is 11.4 Å². The van der Waals surface area contributed by atoms with Gasteiger partial charge >= 0.3 is 0 Å². The second-order valence-electron chi connectivity index (χ2n) is 6.86. The molecule has 0 saturated heterocycles. The molecule has 3 aromatic heterocycles. The highest BCUT2D eigenvalue weighted by atomic mass is 16.2. The van der Waals surface area contributed by atoms with Crippen LogP contribution in [0.2, 0.25) is 0 Å². The molecule has 0 aliphatic carbocycles. The van der Waals surface area contributed by atoms with Crippen molar-refractivity contribution < 1.29 is 4.79 Å². The standard InChI is InChI=1S/C24H20N4O2/c1-17-14-21(29)22(24(30)27-19-9-3-2-4-10-19)23(20-11-5-6-13-26-20)28(17)16-18-8-7-12-25-15-18/h2-15H,16H2,1H3,(H,27,30). The third kappa shape index (κ3) is 4.03. The Labute approximate surface area is 173 Å². The Kier molecular flexibility index (Phi) is 5.48. The monoisotopic (exact) mass is 396 g/mol. The van der Waals surface area contributed by atoms with Crippen molar-refractivity contribution in [3.8, 4) is 11.4 Å². The molecule has 0 spiro atoms. The molecule has 0 fully saturated rings. The van der Waals surface area contributed by atoms with Gasteiger partial charge in [-0.3, -0.25) is 19.6 Å². The molecule has 0 unspecified atom stereocenters. The van der Waals surface area contributed by atoms with Gasteiger partial charge in [-0.2, -0.15) is 0 Å². The number of hydrogen-bond donors (Lipinski definition) is 1. The van der Waals surface area contributed by atoms with E-state index >= 15 is 0 Å². The molecule has 0 saturated carbocycles. The van der Waals surface area contributed by atoms with Gasteiger partial charge in [0.05, 0.1) is 11.4 Å². The minimum atomic E-state index is -0.466. The van der Waals surface area contributed by atoms with E-state index in [2.05, 4.69) is 15.3 Å². The van der Waals surface area contributed by atoms with Crippen LogP contribution in [-0.4, -0.2) is 20.4 Å². The van der Waals surface area contributed by atoms with Crippen molar-refractivity contribution in [2.45, 2.75) is 13.5 Å². The van der Waals surface area contributed by atoms with Gasteiger partial charge < -0.3 is 9.88 Å². The van der Waals surface area contributed by atoms with E-state index in [0.29, 0.717) is 23.6 Å². The number of para-hydroxylation sites is 1. The molecule has 6 heteroatoms. The molecule has 4 aromatic rings. The van der Waals surface area contributed by atoms with Crippen LogP contribution < -0.4 is 10.7 Å². The van der Waals surface area contributed by atoms with E-state index in [0.717, 1.165) is 11.3 Å². The lowest BCUT2D eigenvalue weighted by molar-refractivity contribution is 0.102. The molecule has 3 heterocycles. The number of aryl methyl sites for hydroxylation is 1. The first kappa shape index (κ1) is 19.3. The summed E-state index contributed by atoms with van der Waals surface area (Å²) in [6.07, 6.45) is 5.12. The lowest BCUT2D eigenvalue weighted by Crippen LogP contribution is -2.27. The quantitative estimate of drug-likeness (QED) is 0.555. The van der Waals surface area contributed by atoms with Crippen molar-refractivity contribution in [1.29, 1.82) is 0 Å². The SMILES string of the molecule is Cc1cc(=O)c(C(=O)Nc2ccccc2)c(-c2ccccn2)n1Cc1cccnc1. The van der Waals surface area contributed by atoms with Crippen LogP contribution in [-0.2, 0) is 6.54 Å². The fourth-order valence-electron chi connectivity index (χ4n) is 3.35. The third-order valence-electron chi connectivity index (χ3n) is 4.75. The molecular weight excluding hydrogens is 376 g/mol. The fourth-order valence-corrected chi connectivity index (χ4v) is 3.35. The second-order valence-corrected chi connectivity index (χ2v) is 6.86. The largest absolute Gasteiger partial charge is 0.338 e. The van der Waals surface area contributed by atoms with E-state index in [4.69, 9.17) is 0 Å². The predicted octanol–water partition coefficient (Wildman–Crippen LogP) is 3.91. The summed E-state index contributed by atoms with van der Waals surface area (Å²) in [4.78, 5) is 34.7. The van der Waals surface area contributed by atoms with Gasteiger partial charge in [0, 0.05) is 42.6 Å². The van der Waals surface area contributed by atoms with Crippen LogP contribution in [0.4, 0.5) is 5.69 Å². The molecule has 1 amide bonds. The number of nitrogens with zero attached hydrogens (tertiary/aromatic N) is 3. The molecule has 0 aliphatic heterocycles. The molecule has 0 radical (unpaired) electrons. The summed E-state index contributed by atoms with van der Waals surface area (Å²) in [7, 11) is 0. The number of pyridine rings is 3. The predicted molar refractivity (Wildman–Crippen MR) is 116 cm³/mol. The van der Waals surface area contributed by atoms with Gasteiger partial charge in [-0.1, -0.05) is 30.3 Å². The van der Waals surface area contributed by atoms with Crippen molar-refractivity contribution in [2.75, 3.05) is 5.32 Å². The Balaban J connectivity index is 1.89. The molecule has 0 atom stereocenters. The summed E-state index contributed by atoms with van der Waals surface area (Å²) in [5.74, 6) is -0.466. The first-order valence-corrected chi connectivity index (χ1v) is 9.54. The van der Waals surface area contributed by atoms with E-state index < -0.39 is 5.91 Å². The number of anilines is 1. The van der Waals surface area contributed by atoms with E-state index in [1.54, 1.807) is 42.9 Å². The average Bonchev–Trinajstić information content (AvgIpc) is 2.77. The molecule has 0 bridgehead atoms. The number of aromatic nitrogens is 3. The van der Waals surface area contributed by atoms with E-state index in [1.807, 2.05) is 47.9 Å². The maximum atomic E-state index is 13.2. The number of nitrogens with one attached hydrogen (secondary N) is 1. The molecule has 1 N–H and O–H groups in total. The van der Waals surface area contributed by atoms with Gasteiger partial charge in [0.1, 0.15) is 5.56 Å². The highest BCUT2D eigenvalue weighted by Gasteiger charge is 2.22. The molecule has 1 aromatic carbocycles. The lowest BCUT2D eigenvalue weighted by atomic mass is 10.1. The molecule has 30 heavy (non-hydrogen) atoms. The van der Waals surface area contributed by atoms with Crippen molar-refractivity contribution >= 4 is 11.6 Å². The highest BCUT2D eigenvalue weighted by molar-refractivity contribution is 6.07. The first-order valence-electron chi connectivity index (χ1n) is 9.54. The Hall–Kier alpha value is -4.06. The normalized spacial score (nSPS) is 10.6. The Bertz CT molecular complexity index is 1220. The molecular formula is C24H20N4O2. The number of rotatable bonds is 5. The number of benzene rings is 1. The van der Waals surface area contributed by atoms with Gasteiger partial charge in [-0.25, -0.2) is 0 Å². The summed E-state index contributed by atoms with van der Waals surface area (Å²) in [6, 6.07) is 19.8. The summed E-state index contributed by atoms with van der Waals surface area (Å²) < 4.78 is 1.93. The summed E-state index contributed by atoms with van der Waals surface area (Å²) in [5, 5.41) is 2.83. The van der Waals surface area contributed by atoms with Crippen molar-refractivity contribution in [3.63, 3.8) is 0 Å². The second kappa shape index (κ2) is 8.53. The molecule has 4 rings (SSSR count). The number of carbonyl (C=O) groups excluding carboxylic acids is 1. The van der Waals surface area contributed by atoms with Crippen LogP contribution in [0, 0.1) is 6.92 Å². The Morgan fingerprint density at radius 3 is 2.50 bits per heavy atom. The zero-order chi connectivity index (χ0) is 20.9. The average molecular weight is 396 g/mol. The number of amides is 1. The zero-order valence-corrected chi connectivity index (χ0v) is 16.4. The van der Waals surface area contributed by atoms with Gasteiger partial charge in [0.25, 0.3) is 5.91 Å². The van der Waals surface area contributed by atoms with E-state index in [-0.39, 0.29) is 11.0 Å². The van der Waals surface area contributed by atoms with Crippen LogP contribution in [0.3, 0.4) is 0 Å². The van der Waals surface area contributed by atoms with Crippen LogP contribution >= 0.6 is 0 Å². The molecule has 148 valence electrons. The highest BCUT2D eigenvalue weighted by Crippen LogP contribution is 2.23. The maximum Gasteiger partial charge on any atom is 0.261 e. The summed E-state index contributed by atoms with van der Waals surface area (Å²) in [5.41, 5.74) is 3.07. The van der Waals surface area contributed by atoms with Crippen molar-refractivity contribution in [2.24, 2.45) is 0 Å². The minimum absolute atomic E-state index is 0.0621.